The fourth-order valence-corrected chi connectivity index (χ4v) is 1.33. The summed E-state index contributed by atoms with van der Waals surface area (Å²) in [5.74, 6) is 0. The Bertz CT molecular complexity index is 263. The van der Waals surface area contributed by atoms with Gasteiger partial charge in [-0.25, -0.2) is 0 Å². The average molecular weight is 164 g/mol. The normalized spacial score (nSPS) is 9.64. The molecule has 0 aliphatic carbocycles. The van der Waals surface area contributed by atoms with Crippen LogP contribution in [-0.2, 0) is 6.42 Å². The summed E-state index contributed by atoms with van der Waals surface area (Å²) in [6.45, 7) is 5.93. The zero-order valence-electron chi connectivity index (χ0n) is 6.67. The van der Waals surface area contributed by atoms with Crippen molar-refractivity contribution in [1.82, 2.24) is 0 Å². The average Bonchev–Trinajstić information content (AvgIpc) is 2.04. The second-order valence-corrected chi connectivity index (χ2v) is 3.00. The quantitative estimate of drug-likeness (QED) is 0.638. The molecule has 0 amide bonds. The highest BCUT2D eigenvalue weighted by Crippen LogP contribution is 2.20. The molecule has 0 bridgehead atoms. The highest BCUT2D eigenvalue weighted by Gasteiger charge is 1.98. The van der Waals surface area contributed by atoms with Gasteiger partial charge in [-0.05, 0) is 17.5 Å². The van der Waals surface area contributed by atoms with Crippen molar-refractivity contribution >= 4 is 17.5 Å². The topological polar surface area (TPSA) is 0 Å². The first-order valence-electron chi connectivity index (χ1n) is 3.72. The van der Waals surface area contributed by atoms with Crippen molar-refractivity contribution < 1.29 is 0 Å². The standard InChI is InChI=1S/C10H12S/c1-3-9-6-4-5-7-10(9)8(2)11/h4-7,11H,2-3H2,1H3. The molecule has 0 saturated carbocycles. The molecule has 0 aromatic heterocycles. The van der Waals surface area contributed by atoms with Gasteiger partial charge in [-0.3, -0.25) is 0 Å². The minimum Gasteiger partial charge on any atom is -0.143 e. The lowest BCUT2D eigenvalue weighted by atomic mass is 10.1. The Balaban J connectivity index is 3.12. The van der Waals surface area contributed by atoms with Crippen molar-refractivity contribution in [3.05, 3.63) is 42.0 Å². The minimum absolute atomic E-state index is 0.849. The maximum atomic E-state index is 4.22. The molecule has 0 atom stereocenters. The van der Waals surface area contributed by atoms with Crippen LogP contribution in [0.2, 0.25) is 0 Å². The monoisotopic (exact) mass is 164 g/mol. The van der Waals surface area contributed by atoms with E-state index in [0.29, 0.717) is 0 Å². The molecule has 1 rings (SSSR count). The van der Waals surface area contributed by atoms with E-state index in [-0.39, 0.29) is 0 Å². The highest BCUT2D eigenvalue weighted by atomic mass is 32.1. The van der Waals surface area contributed by atoms with Crippen LogP contribution in [0.1, 0.15) is 18.1 Å². The lowest BCUT2D eigenvalue weighted by molar-refractivity contribution is 1.13. The molecule has 1 heteroatoms. The molecular weight excluding hydrogens is 152 g/mol. The molecule has 1 aromatic rings. The van der Waals surface area contributed by atoms with Crippen LogP contribution in [0, 0.1) is 0 Å². The Morgan fingerprint density at radius 3 is 2.55 bits per heavy atom. The molecule has 1 aromatic carbocycles. The van der Waals surface area contributed by atoms with Gasteiger partial charge in [-0.1, -0.05) is 37.8 Å². The number of thiol groups is 1. The summed E-state index contributed by atoms with van der Waals surface area (Å²) in [4.78, 5) is 0.849. The minimum atomic E-state index is 0.849. The van der Waals surface area contributed by atoms with Crippen LogP contribution in [0.3, 0.4) is 0 Å². The van der Waals surface area contributed by atoms with Gasteiger partial charge in [0.15, 0.2) is 0 Å². The summed E-state index contributed by atoms with van der Waals surface area (Å²) in [6.07, 6.45) is 1.04. The number of benzene rings is 1. The molecular formula is C10H12S. The Hall–Kier alpha value is -0.690. The van der Waals surface area contributed by atoms with E-state index in [1.807, 2.05) is 18.2 Å². The van der Waals surface area contributed by atoms with E-state index < -0.39 is 0 Å². The maximum Gasteiger partial charge on any atom is 0.00433 e. The molecule has 0 heterocycles. The van der Waals surface area contributed by atoms with Crippen LogP contribution < -0.4 is 0 Å². The van der Waals surface area contributed by atoms with Gasteiger partial charge in [0, 0.05) is 4.91 Å². The van der Waals surface area contributed by atoms with Gasteiger partial charge in [0.1, 0.15) is 0 Å². The summed E-state index contributed by atoms with van der Waals surface area (Å²) < 4.78 is 0. The van der Waals surface area contributed by atoms with E-state index in [9.17, 15) is 0 Å². The van der Waals surface area contributed by atoms with Crippen molar-refractivity contribution in [3.63, 3.8) is 0 Å². The molecule has 0 saturated heterocycles. The van der Waals surface area contributed by atoms with E-state index in [1.165, 1.54) is 11.1 Å². The second-order valence-electron chi connectivity index (χ2n) is 2.46. The van der Waals surface area contributed by atoms with Crippen LogP contribution >= 0.6 is 12.6 Å². The number of rotatable bonds is 2. The molecule has 0 spiro atoms. The third-order valence-corrected chi connectivity index (χ3v) is 1.95. The molecule has 11 heavy (non-hydrogen) atoms. The Kier molecular flexibility index (Phi) is 2.77. The Labute approximate surface area is 73.4 Å². The summed E-state index contributed by atoms with van der Waals surface area (Å²) >= 11 is 4.22. The third kappa shape index (κ3) is 1.87. The first kappa shape index (κ1) is 8.41. The first-order valence-corrected chi connectivity index (χ1v) is 4.16. The number of hydrogen-bond acceptors (Lipinski definition) is 1. The fraction of sp³-hybridized carbons (Fsp3) is 0.200. The SMILES string of the molecule is C=C(S)c1ccccc1CC. The zero-order chi connectivity index (χ0) is 8.27. The molecule has 0 fully saturated rings. The van der Waals surface area contributed by atoms with Crippen molar-refractivity contribution in [1.29, 1.82) is 0 Å². The van der Waals surface area contributed by atoms with Gasteiger partial charge in [0.25, 0.3) is 0 Å². The van der Waals surface area contributed by atoms with Crippen LogP contribution in [0.25, 0.3) is 4.91 Å². The van der Waals surface area contributed by atoms with Gasteiger partial charge in [0.05, 0.1) is 0 Å². The lowest BCUT2D eigenvalue weighted by Crippen LogP contribution is -1.86. The van der Waals surface area contributed by atoms with E-state index in [0.717, 1.165) is 11.3 Å². The van der Waals surface area contributed by atoms with Gasteiger partial charge in [-0.2, -0.15) is 0 Å². The van der Waals surface area contributed by atoms with Gasteiger partial charge in [-0.15, -0.1) is 12.6 Å². The molecule has 0 aliphatic heterocycles. The first-order chi connectivity index (χ1) is 5.25. The lowest BCUT2D eigenvalue weighted by Gasteiger charge is -2.04. The molecule has 0 aliphatic rings. The van der Waals surface area contributed by atoms with Crippen molar-refractivity contribution in [2.45, 2.75) is 13.3 Å². The van der Waals surface area contributed by atoms with Gasteiger partial charge < -0.3 is 0 Å². The van der Waals surface area contributed by atoms with E-state index in [4.69, 9.17) is 0 Å². The Morgan fingerprint density at radius 2 is 2.09 bits per heavy atom. The highest BCUT2D eigenvalue weighted by molar-refractivity contribution is 7.90. The third-order valence-electron chi connectivity index (χ3n) is 1.71. The number of hydrogen-bond donors (Lipinski definition) is 1. The summed E-state index contributed by atoms with van der Waals surface area (Å²) in [6, 6.07) is 8.21. The predicted molar refractivity (Wildman–Crippen MR) is 53.8 cm³/mol. The smallest absolute Gasteiger partial charge is 0.00433 e. The Morgan fingerprint density at radius 1 is 1.45 bits per heavy atom. The van der Waals surface area contributed by atoms with E-state index in [1.54, 1.807) is 0 Å². The van der Waals surface area contributed by atoms with Gasteiger partial charge in [0.2, 0.25) is 0 Å². The fourth-order valence-electron chi connectivity index (χ4n) is 1.11. The molecule has 0 N–H and O–H groups in total. The van der Waals surface area contributed by atoms with Crippen molar-refractivity contribution in [2.24, 2.45) is 0 Å². The van der Waals surface area contributed by atoms with Crippen molar-refractivity contribution in [2.75, 3.05) is 0 Å². The van der Waals surface area contributed by atoms with Crippen LogP contribution in [-0.4, -0.2) is 0 Å². The maximum absolute atomic E-state index is 4.22. The molecule has 0 unspecified atom stereocenters. The molecule has 0 nitrogen and oxygen atoms in total. The van der Waals surface area contributed by atoms with Crippen LogP contribution in [0.5, 0.6) is 0 Å². The van der Waals surface area contributed by atoms with Crippen LogP contribution in [0.4, 0.5) is 0 Å². The van der Waals surface area contributed by atoms with E-state index >= 15 is 0 Å². The van der Waals surface area contributed by atoms with E-state index in [2.05, 4.69) is 32.2 Å². The summed E-state index contributed by atoms with van der Waals surface area (Å²) in [5.41, 5.74) is 2.48. The molecule has 0 radical (unpaired) electrons. The zero-order valence-corrected chi connectivity index (χ0v) is 7.57. The molecule has 58 valence electrons. The number of aryl methyl sites for hydroxylation is 1. The van der Waals surface area contributed by atoms with Gasteiger partial charge >= 0.3 is 0 Å². The van der Waals surface area contributed by atoms with Crippen LogP contribution in [0.15, 0.2) is 30.8 Å². The second kappa shape index (κ2) is 3.63. The summed E-state index contributed by atoms with van der Waals surface area (Å²) in [7, 11) is 0. The van der Waals surface area contributed by atoms with Crippen molar-refractivity contribution in [3.8, 4) is 0 Å². The predicted octanol–water partition coefficient (Wildman–Crippen LogP) is 3.15. The summed E-state index contributed by atoms with van der Waals surface area (Å²) in [5, 5.41) is 0. The largest absolute Gasteiger partial charge is 0.143 e.